The molecule has 27 heavy (non-hydrogen) atoms. The summed E-state index contributed by atoms with van der Waals surface area (Å²) in [5.41, 5.74) is 1.47. The number of thiophene rings is 1. The van der Waals surface area contributed by atoms with Gasteiger partial charge >= 0.3 is 12.1 Å². The van der Waals surface area contributed by atoms with Crippen LogP contribution in [0.25, 0.3) is 0 Å². The Bertz CT molecular complexity index is 802. The van der Waals surface area contributed by atoms with Crippen molar-refractivity contribution in [1.82, 2.24) is 10.6 Å². The van der Waals surface area contributed by atoms with Crippen LogP contribution in [0.1, 0.15) is 36.6 Å². The number of carbonyl (C=O) groups is 2. The number of hydrogen-bond acceptors (Lipinski definition) is 3. The van der Waals surface area contributed by atoms with Crippen LogP contribution in [0.4, 0.5) is 21.0 Å². The Balaban J connectivity index is 1.44. The lowest BCUT2D eigenvalue weighted by Crippen LogP contribution is -2.35. The van der Waals surface area contributed by atoms with Gasteiger partial charge in [0.05, 0.1) is 6.04 Å². The van der Waals surface area contributed by atoms with E-state index in [1.165, 1.54) is 17.7 Å². The van der Waals surface area contributed by atoms with E-state index in [9.17, 15) is 9.59 Å². The number of urea groups is 2. The zero-order chi connectivity index (χ0) is 18.6. The van der Waals surface area contributed by atoms with Crippen LogP contribution in [0, 0.1) is 5.92 Å². The summed E-state index contributed by atoms with van der Waals surface area (Å²) in [6, 6.07) is 11.3. The Morgan fingerprint density at radius 1 is 1.22 bits per heavy atom. The molecule has 1 unspecified atom stereocenters. The van der Waals surface area contributed by atoms with Crippen LogP contribution in [-0.2, 0) is 0 Å². The molecule has 2 fully saturated rings. The summed E-state index contributed by atoms with van der Waals surface area (Å²) in [6.07, 6.45) is 4.77. The second-order valence-electron chi connectivity index (χ2n) is 7.07. The first-order valence-electron chi connectivity index (χ1n) is 9.47. The summed E-state index contributed by atoms with van der Waals surface area (Å²) in [5, 5.41) is 11.0. The highest BCUT2D eigenvalue weighted by Gasteiger charge is 2.28. The molecule has 6 nitrogen and oxygen atoms in total. The average Bonchev–Trinajstić information content (AvgIpc) is 3.42. The molecule has 1 saturated carbocycles. The Labute approximate surface area is 162 Å². The molecule has 1 aliphatic carbocycles. The van der Waals surface area contributed by atoms with Gasteiger partial charge in [0.1, 0.15) is 0 Å². The summed E-state index contributed by atoms with van der Waals surface area (Å²) in [6.45, 7) is 1.28. The molecule has 7 heteroatoms. The molecule has 2 heterocycles. The van der Waals surface area contributed by atoms with Crippen LogP contribution in [-0.4, -0.2) is 25.2 Å². The van der Waals surface area contributed by atoms with Crippen molar-refractivity contribution in [2.24, 2.45) is 5.92 Å². The van der Waals surface area contributed by atoms with Gasteiger partial charge in [0, 0.05) is 29.3 Å². The smallest absolute Gasteiger partial charge is 0.321 e. The van der Waals surface area contributed by atoms with Crippen molar-refractivity contribution in [3.05, 3.63) is 46.7 Å². The lowest BCUT2D eigenvalue weighted by Gasteiger charge is -2.24. The fourth-order valence-corrected chi connectivity index (χ4v) is 4.83. The van der Waals surface area contributed by atoms with Crippen molar-refractivity contribution in [1.29, 1.82) is 0 Å². The van der Waals surface area contributed by atoms with E-state index < -0.39 is 0 Å². The molecule has 0 bridgehead atoms. The van der Waals surface area contributed by atoms with Gasteiger partial charge in [0.15, 0.2) is 0 Å². The van der Waals surface area contributed by atoms with E-state index in [1.54, 1.807) is 16.2 Å². The summed E-state index contributed by atoms with van der Waals surface area (Å²) < 4.78 is 0. The minimum atomic E-state index is -0.205. The number of nitrogens with zero attached hydrogens (tertiary/aromatic N) is 1. The maximum absolute atomic E-state index is 12.7. The van der Waals surface area contributed by atoms with E-state index in [-0.39, 0.29) is 18.1 Å². The van der Waals surface area contributed by atoms with E-state index in [0.29, 0.717) is 24.7 Å². The summed E-state index contributed by atoms with van der Waals surface area (Å²) in [4.78, 5) is 27.4. The second kappa shape index (κ2) is 8.00. The number of carbonyl (C=O) groups excluding carboxylic acids is 2. The van der Waals surface area contributed by atoms with E-state index in [1.807, 2.05) is 30.3 Å². The van der Waals surface area contributed by atoms with Gasteiger partial charge in [-0.15, -0.1) is 11.3 Å². The number of amides is 4. The predicted molar refractivity (Wildman–Crippen MR) is 108 cm³/mol. The SMILES string of the molecule is O=C(Nc1cccc(N2CCNC2=O)c1)NC(c1cccs1)C1CCCC1. The minimum absolute atomic E-state index is 0.0556. The number of hydrogen-bond donors (Lipinski definition) is 3. The van der Waals surface area contributed by atoms with Gasteiger partial charge in [-0.3, -0.25) is 4.90 Å². The van der Waals surface area contributed by atoms with Crippen LogP contribution in [0.2, 0.25) is 0 Å². The molecule has 0 radical (unpaired) electrons. The zero-order valence-corrected chi connectivity index (χ0v) is 15.9. The van der Waals surface area contributed by atoms with Crippen molar-refractivity contribution in [3.8, 4) is 0 Å². The van der Waals surface area contributed by atoms with Crippen molar-refractivity contribution in [3.63, 3.8) is 0 Å². The maximum Gasteiger partial charge on any atom is 0.321 e. The van der Waals surface area contributed by atoms with Crippen LogP contribution < -0.4 is 20.9 Å². The third kappa shape index (κ3) is 4.08. The Morgan fingerprint density at radius 3 is 2.78 bits per heavy atom. The molecule has 3 N–H and O–H groups in total. The topological polar surface area (TPSA) is 73.5 Å². The normalized spacial score (nSPS) is 18.4. The number of benzene rings is 1. The molecule has 142 valence electrons. The molecule has 4 amide bonds. The first-order valence-corrected chi connectivity index (χ1v) is 10.3. The van der Waals surface area contributed by atoms with Crippen molar-refractivity contribution >= 4 is 34.8 Å². The van der Waals surface area contributed by atoms with Gasteiger partial charge in [-0.2, -0.15) is 0 Å². The highest BCUT2D eigenvalue weighted by molar-refractivity contribution is 7.10. The van der Waals surface area contributed by atoms with Gasteiger partial charge in [-0.25, -0.2) is 9.59 Å². The third-order valence-electron chi connectivity index (χ3n) is 5.28. The molecule has 1 atom stereocenters. The van der Waals surface area contributed by atoms with Crippen molar-refractivity contribution in [2.45, 2.75) is 31.7 Å². The lowest BCUT2D eigenvalue weighted by molar-refractivity contribution is 0.243. The van der Waals surface area contributed by atoms with Crippen LogP contribution in [0.5, 0.6) is 0 Å². The van der Waals surface area contributed by atoms with E-state index in [0.717, 1.165) is 18.5 Å². The molecule has 1 aromatic heterocycles. The standard InChI is InChI=1S/C20H24N4O2S/c25-19(23-18(14-5-1-2-6-14)17-9-4-12-27-17)22-15-7-3-8-16(13-15)24-11-10-21-20(24)26/h3-4,7-9,12-14,18H,1-2,5-6,10-11H2,(H,21,26)(H2,22,23,25). The van der Waals surface area contributed by atoms with Gasteiger partial charge < -0.3 is 16.0 Å². The fraction of sp³-hybridized carbons (Fsp3) is 0.400. The quantitative estimate of drug-likeness (QED) is 0.718. The lowest BCUT2D eigenvalue weighted by atomic mass is 9.97. The number of rotatable bonds is 5. The zero-order valence-electron chi connectivity index (χ0n) is 15.1. The second-order valence-corrected chi connectivity index (χ2v) is 8.05. The first kappa shape index (κ1) is 17.9. The number of nitrogens with one attached hydrogen (secondary N) is 3. The van der Waals surface area contributed by atoms with E-state index in [4.69, 9.17) is 0 Å². The largest absolute Gasteiger partial charge is 0.336 e. The van der Waals surface area contributed by atoms with Gasteiger partial charge in [-0.05, 0) is 48.4 Å². The molecule has 4 rings (SSSR count). The predicted octanol–water partition coefficient (Wildman–Crippen LogP) is 4.33. The average molecular weight is 385 g/mol. The molecule has 1 aromatic carbocycles. The number of anilines is 2. The summed E-state index contributed by atoms with van der Waals surface area (Å²) in [5.74, 6) is 0.494. The monoisotopic (exact) mass is 384 g/mol. The highest BCUT2D eigenvalue weighted by Crippen LogP contribution is 2.37. The Hall–Kier alpha value is -2.54. The van der Waals surface area contributed by atoms with Crippen LogP contribution in [0.3, 0.4) is 0 Å². The van der Waals surface area contributed by atoms with Gasteiger partial charge in [0.2, 0.25) is 0 Å². The molecular weight excluding hydrogens is 360 g/mol. The third-order valence-corrected chi connectivity index (χ3v) is 6.24. The molecule has 1 saturated heterocycles. The maximum atomic E-state index is 12.7. The van der Waals surface area contributed by atoms with Crippen LogP contribution in [0.15, 0.2) is 41.8 Å². The summed E-state index contributed by atoms with van der Waals surface area (Å²) in [7, 11) is 0. The van der Waals surface area contributed by atoms with Gasteiger partial charge in [-0.1, -0.05) is 25.0 Å². The van der Waals surface area contributed by atoms with Crippen LogP contribution >= 0.6 is 11.3 Å². The Kier molecular flexibility index (Phi) is 5.29. The van der Waals surface area contributed by atoms with Gasteiger partial charge in [0.25, 0.3) is 0 Å². The minimum Gasteiger partial charge on any atom is -0.336 e. The fourth-order valence-electron chi connectivity index (χ4n) is 3.96. The molecule has 2 aromatic rings. The van der Waals surface area contributed by atoms with Crippen molar-refractivity contribution < 1.29 is 9.59 Å². The van der Waals surface area contributed by atoms with Crippen molar-refractivity contribution in [2.75, 3.05) is 23.3 Å². The highest BCUT2D eigenvalue weighted by atomic mass is 32.1. The first-order chi connectivity index (χ1) is 13.2. The molecule has 0 spiro atoms. The van der Waals surface area contributed by atoms with E-state index >= 15 is 0 Å². The summed E-state index contributed by atoms with van der Waals surface area (Å²) >= 11 is 1.69. The molecule has 2 aliphatic rings. The Morgan fingerprint density at radius 2 is 2.07 bits per heavy atom. The molecular formula is C20H24N4O2S. The van der Waals surface area contributed by atoms with E-state index in [2.05, 4.69) is 27.4 Å². The molecule has 1 aliphatic heterocycles.